The van der Waals surface area contributed by atoms with Crippen molar-refractivity contribution < 1.29 is 23.9 Å². The Morgan fingerprint density at radius 3 is 2.44 bits per heavy atom. The summed E-state index contributed by atoms with van der Waals surface area (Å²) in [7, 11) is 1.54. The number of carbonyl (C=O) groups excluding carboxylic acids is 3. The van der Waals surface area contributed by atoms with Crippen LogP contribution in [0.15, 0.2) is 72.8 Å². The fraction of sp³-hybridized carbons (Fsp3) is 0.192. The molecule has 1 aliphatic heterocycles. The fourth-order valence-corrected chi connectivity index (χ4v) is 3.83. The van der Waals surface area contributed by atoms with Crippen molar-refractivity contribution in [2.24, 2.45) is 0 Å². The Kier molecular flexibility index (Phi) is 6.77. The predicted octanol–water partition coefficient (Wildman–Crippen LogP) is 4.09. The normalized spacial score (nSPS) is 14.6. The number of methoxy groups -OCH3 is 1. The van der Waals surface area contributed by atoms with Crippen LogP contribution in [0.4, 0.5) is 17.1 Å². The lowest BCUT2D eigenvalue weighted by atomic mass is 10.0. The summed E-state index contributed by atoms with van der Waals surface area (Å²) in [6, 6.07) is 19.6. The summed E-state index contributed by atoms with van der Waals surface area (Å²) in [5.41, 5.74) is 1.90. The number of benzene rings is 3. The van der Waals surface area contributed by atoms with Crippen molar-refractivity contribution in [1.82, 2.24) is 0 Å². The SMILES string of the molecule is CCOc1ccccc1NC(=O)C[C@H]1C(=O)Nc2ccccc2N1C(=O)c1ccc(OC)cc1. The van der Waals surface area contributed by atoms with Gasteiger partial charge in [0.1, 0.15) is 17.5 Å². The Hall–Kier alpha value is -4.33. The first-order chi connectivity index (χ1) is 16.5. The number of amides is 3. The van der Waals surface area contributed by atoms with Crippen molar-refractivity contribution in [2.45, 2.75) is 19.4 Å². The van der Waals surface area contributed by atoms with Crippen molar-refractivity contribution in [1.29, 1.82) is 0 Å². The zero-order valence-corrected chi connectivity index (χ0v) is 18.9. The average Bonchev–Trinajstić information content (AvgIpc) is 2.85. The van der Waals surface area contributed by atoms with E-state index >= 15 is 0 Å². The van der Waals surface area contributed by atoms with Crippen LogP contribution in [0.25, 0.3) is 0 Å². The van der Waals surface area contributed by atoms with Gasteiger partial charge in [0, 0.05) is 5.56 Å². The van der Waals surface area contributed by atoms with Crippen LogP contribution >= 0.6 is 0 Å². The number of hydrogen-bond acceptors (Lipinski definition) is 5. The molecule has 3 aromatic carbocycles. The first-order valence-electron chi connectivity index (χ1n) is 10.9. The van der Waals surface area contributed by atoms with Gasteiger partial charge < -0.3 is 20.1 Å². The molecule has 0 unspecified atom stereocenters. The topological polar surface area (TPSA) is 97.0 Å². The first kappa shape index (κ1) is 22.8. The molecule has 0 aromatic heterocycles. The Bertz CT molecular complexity index is 1210. The molecular weight excluding hydrogens is 434 g/mol. The summed E-state index contributed by atoms with van der Waals surface area (Å²) >= 11 is 0. The maximum Gasteiger partial charge on any atom is 0.259 e. The van der Waals surface area contributed by atoms with Gasteiger partial charge in [0.25, 0.3) is 5.91 Å². The molecule has 0 radical (unpaired) electrons. The number of fused-ring (bicyclic) bond motifs is 1. The van der Waals surface area contributed by atoms with Crippen LogP contribution < -0.4 is 25.0 Å². The van der Waals surface area contributed by atoms with E-state index in [4.69, 9.17) is 9.47 Å². The van der Waals surface area contributed by atoms with Gasteiger partial charge >= 0.3 is 0 Å². The lowest BCUT2D eigenvalue weighted by Gasteiger charge is -2.36. The molecule has 8 heteroatoms. The van der Waals surface area contributed by atoms with Gasteiger partial charge in [0.15, 0.2) is 0 Å². The second-order valence-corrected chi connectivity index (χ2v) is 7.61. The van der Waals surface area contributed by atoms with E-state index in [0.29, 0.717) is 40.7 Å². The van der Waals surface area contributed by atoms with Gasteiger partial charge in [0.2, 0.25) is 11.8 Å². The molecular formula is C26H25N3O5. The standard InChI is InChI=1S/C26H25N3O5/c1-3-34-23-11-7-5-9-20(23)27-24(30)16-22-25(31)28-19-8-4-6-10-21(19)29(22)26(32)17-12-14-18(33-2)15-13-17/h4-15,22H,3,16H2,1-2H3,(H,27,30)(H,28,31)/t22-/m0/s1. The fourth-order valence-electron chi connectivity index (χ4n) is 3.83. The van der Waals surface area contributed by atoms with E-state index in [1.807, 2.05) is 6.92 Å². The number of anilines is 3. The van der Waals surface area contributed by atoms with E-state index in [2.05, 4.69) is 10.6 Å². The van der Waals surface area contributed by atoms with Gasteiger partial charge in [-0.1, -0.05) is 24.3 Å². The molecule has 8 nitrogen and oxygen atoms in total. The highest BCUT2D eigenvalue weighted by Crippen LogP contribution is 2.34. The molecule has 1 aliphatic rings. The highest BCUT2D eigenvalue weighted by molar-refractivity contribution is 6.17. The molecule has 2 N–H and O–H groups in total. The van der Waals surface area contributed by atoms with E-state index in [0.717, 1.165) is 0 Å². The Labute approximate surface area is 197 Å². The van der Waals surface area contributed by atoms with Crippen LogP contribution in [0.3, 0.4) is 0 Å². The van der Waals surface area contributed by atoms with Crippen molar-refractivity contribution >= 4 is 34.8 Å². The molecule has 3 amide bonds. The van der Waals surface area contributed by atoms with Crippen LogP contribution in [-0.4, -0.2) is 37.5 Å². The third-order valence-corrected chi connectivity index (χ3v) is 5.43. The number of nitrogens with one attached hydrogen (secondary N) is 2. The van der Waals surface area contributed by atoms with E-state index in [-0.39, 0.29) is 6.42 Å². The minimum Gasteiger partial charge on any atom is -0.497 e. The number of rotatable bonds is 7. The number of carbonyl (C=O) groups is 3. The van der Waals surface area contributed by atoms with E-state index in [9.17, 15) is 14.4 Å². The van der Waals surface area contributed by atoms with Crippen LogP contribution in [-0.2, 0) is 9.59 Å². The molecule has 34 heavy (non-hydrogen) atoms. The predicted molar refractivity (Wildman–Crippen MR) is 130 cm³/mol. The Morgan fingerprint density at radius 1 is 1.00 bits per heavy atom. The minimum absolute atomic E-state index is 0.234. The van der Waals surface area contributed by atoms with Gasteiger partial charge in [-0.05, 0) is 55.5 Å². The minimum atomic E-state index is -1.04. The molecule has 174 valence electrons. The summed E-state index contributed by atoms with van der Waals surface area (Å²) < 4.78 is 10.7. The van der Waals surface area contributed by atoms with Crippen molar-refractivity contribution in [3.05, 3.63) is 78.4 Å². The molecule has 1 atom stereocenters. The summed E-state index contributed by atoms with van der Waals surface area (Å²) in [5, 5.41) is 5.61. The quantitative estimate of drug-likeness (QED) is 0.555. The molecule has 3 aromatic rings. The monoisotopic (exact) mass is 459 g/mol. The van der Waals surface area contributed by atoms with E-state index < -0.39 is 23.8 Å². The molecule has 0 aliphatic carbocycles. The number of para-hydroxylation sites is 4. The zero-order chi connectivity index (χ0) is 24.1. The molecule has 0 saturated carbocycles. The molecule has 0 bridgehead atoms. The van der Waals surface area contributed by atoms with E-state index in [1.165, 1.54) is 4.90 Å². The van der Waals surface area contributed by atoms with Crippen LogP contribution in [0.1, 0.15) is 23.7 Å². The highest BCUT2D eigenvalue weighted by Gasteiger charge is 2.38. The maximum absolute atomic E-state index is 13.6. The third kappa shape index (κ3) is 4.71. The smallest absolute Gasteiger partial charge is 0.259 e. The van der Waals surface area contributed by atoms with Gasteiger partial charge in [-0.25, -0.2) is 0 Å². The van der Waals surface area contributed by atoms with Crippen molar-refractivity contribution in [3.8, 4) is 11.5 Å². The average molecular weight is 460 g/mol. The van der Waals surface area contributed by atoms with Gasteiger partial charge in [-0.2, -0.15) is 0 Å². The maximum atomic E-state index is 13.6. The Morgan fingerprint density at radius 2 is 1.71 bits per heavy atom. The lowest BCUT2D eigenvalue weighted by Crippen LogP contribution is -2.52. The third-order valence-electron chi connectivity index (χ3n) is 5.43. The molecule has 0 spiro atoms. The molecule has 4 rings (SSSR count). The summed E-state index contributed by atoms with van der Waals surface area (Å²) in [4.78, 5) is 40.9. The van der Waals surface area contributed by atoms with Gasteiger partial charge in [0.05, 0.1) is 37.2 Å². The van der Waals surface area contributed by atoms with E-state index in [1.54, 1.807) is 79.9 Å². The van der Waals surface area contributed by atoms with Crippen LogP contribution in [0, 0.1) is 0 Å². The summed E-state index contributed by atoms with van der Waals surface area (Å²) in [6.45, 7) is 2.30. The largest absolute Gasteiger partial charge is 0.497 e. The van der Waals surface area contributed by atoms with Gasteiger partial charge in [-0.15, -0.1) is 0 Å². The van der Waals surface area contributed by atoms with Gasteiger partial charge in [-0.3, -0.25) is 19.3 Å². The summed E-state index contributed by atoms with van der Waals surface area (Å²) in [5.74, 6) is -0.106. The second-order valence-electron chi connectivity index (χ2n) is 7.61. The Balaban J connectivity index is 1.63. The van der Waals surface area contributed by atoms with Crippen LogP contribution in [0.2, 0.25) is 0 Å². The van der Waals surface area contributed by atoms with Crippen molar-refractivity contribution in [3.63, 3.8) is 0 Å². The zero-order valence-electron chi connectivity index (χ0n) is 18.9. The second kappa shape index (κ2) is 10.1. The molecule has 1 heterocycles. The first-order valence-corrected chi connectivity index (χ1v) is 10.9. The number of hydrogen-bond donors (Lipinski definition) is 2. The van der Waals surface area contributed by atoms with Crippen molar-refractivity contribution in [2.75, 3.05) is 29.3 Å². The molecule has 0 saturated heterocycles. The highest BCUT2D eigenvalue weighted by atomic mass is 16.5. The lowest BCUT2D eigenvalue weighted by molar-refractivity contribution is -0.122. The molecule has 0 fully saturated rings. The number of ether oxygens (including phenoxy) is 2. The summed E-state index contributed by atoms with van der Waals surface area (Å²) in [6.07, 6.45) is -0.234. The number of nitrogens with zero attached hydrogens (tertiary/aromatic N) is 1. The van der Waals surface area contributed by atoms with Crippen LogP contribution in [0.5, 0.6) is 11.5 Å².